The zero-order valence-corrected chi connectivity index (χ0v) is 12.7. The van der Waals surface area contributed by atoms with Crippen LogP contribution in [0.5, 0.6) is 0 Å². The number of piperidine rings is 1. The maximum Gasteiger partial charge on any atom is 0.0401 e. The van der Waals surface area contributed by atoms with Crippen LogP contribution in [0.1, 0.15) is 51.0 Å². The maximum atomic E-state index is 6.04. The second kappa shape index (κ2) is 6.17. The Balaban J connectivity index is 1.87. The normalized spacial score (nSPS) is 28.0. The van der Waals surface area contributed by atoms with Gasteiger partial charge in [-0.2, -0.15) is 0 Å². The molecule has 1 unspecified atom stereocenters. The molecule has 0 radical (unpaired) electrons. The predicted octanol–water partition coefficient (Wildman–Crippen LogP) is 3.74. The summed E-state index contributed by atoms with van der Waals surface area (Å²) in [5.74, 6) is 0.931. The number of hydrogen-bond acceptors (Lipinski definition) is 2. The van der Waals surface area contributed by atoms with Gasteiger partial charge in [-0.15, -0.1) is 0 Å². The fraction of sp³-hybridized carbons (Fsp3) is 0.667. The highest BCUT2D eigenvalue weighted by molar-refractivity contribution is 5.55. The van der Waals surface area contributed by atoms with E-state index in [1.165, 1.54) is 56.3 Å². The summed E-state index contributed by atoms with van der Waals surface area (Å²) in [5, 5.41) is 0. The van der Waals surface area contributed by atoms with Gasteiger partial charge < -0.3 is 10.6 Å². The lowest BCUT2D eigenvalue weighted by atomic mass is 9.78. The monoisotopic (exact) mass is 272 g/mol. The summed E-state index contributed by atoms with van der Waals surface area (Å²) in [4.78, 5) is 2.71. The number of hydrogen-bond donors (Lipinski definition) is 1. The van der Waals surface area contributed by atoms with E-state index in [4.69, 9.17) is 5.73 Å². The molecular formula is C18H28N2. The first-order valence-electron chi connectivity index (χ1n) is 8.36. The van der Waals surface area contributed by atoms with Crippen molar-refractivity contribution in [1.82, 2.24) is 0 Å². The van der Waals surface area contributed by atoms with E-state index in [1.54, 1.807) is 0 Å². The topological polar surface area (TPSA) is 29.3 Å². The first-order chi connectivity index (χ1) is 9.75. The third kappa shape index (κ3) is 2.85. The van der Waals surface area contributed by atoms with E-state index in [2.05, 4.69) is 36.1 Å². The standard InChI is InChI=1S/C18H28N2/c1-14(19)13-16-8-3-5-11-18(16)20-12-6-9-15-7-2-4-10-17(15)20/h3,5,8,11,14-15,17H,2,4,6-7,9-10,12-13,19H2,1H3/t14?,15-,17-/m1/s1. The molecule has 1 aliphatic carbocycles. The van der Waals surface area contributed by atoms with Gasteiger partial charge in [-0.05, 0) is 56.6 Å². The molecular weight excluding hydrogens is 244 g/mol. The Bertz CT molecular complexity index is 439. The average Bonchev–Trinajstić information content (AvgIpc) is 2.47. The molecule has 1 saturated carbocycles. The summed E-state index contributed by atoms with van der Waals surface area (Å²) in [7, 11) is 0. The van der Waals surface area contributed by atoms with Gasteiger partial charge in [-0.25, -0.2) is 0 Å². The molecule has 2 aliphatic rings. The average molecular weight is 272 g/mol. The molecule has 1 saturated heterocycles. The molecule has 2 fully saturated rings. The van der Waals surface area contributed by atoms with Crippen molar-refractivity contribution in [3.63, 3.8) is 0 Å². The second-order valence-electron chi connectivity index (χ2n) is 6.76. The minimum atomic E-state index is 0.239. The van der Waals surface area contributed by atoms with Crippen LogP contribution in [0, 0.1) is 5.92 Å². The van der Waals surface area contributed by atoms with Gasteiger partial charge in [0, 0.05) is 24.3 Å². The van der Waals surface area contributed by atoms with Crippen molar-refractivity contribution in [3.8, 4) is 0 Å². The van der Waals surface area contributed by atoms with E-state index in [-0.39, 0.29) is 6.04 Å². The van der Waals surface area contributed by atoms with E-state index in [1.807, 2.05) is 0 Å². The number of nitrogens with zero attached hydrogens (tertiary/aromatic N) is 1. The largest absolute Gasteiger partial charge is 0.368 e. The Morgan fingerprint density at radius 2 is 1.90 bits per heavy atom. The molecule has 1 aromatic rings. The molecule has 0 spiro atoms. The molecule has 0 aromatic heterocycles. The quantitative estimate of drug-likeness (QED) is 0.908. The van der Waals surface area contributed by atoms with Gasteiger partial charge in [0.15, 0.2) is 0 Å². The lowest BCUT2D eigenvalue weighted by molar-refractivity contribution is 0.243. The van der Waals surface area contributed by atoms with E-state index in [9.17, 15) is 0 Å². The van der Waals surface area contributed by atoms with Crippen LogP contribution in [-0.4, -0.2) is 18.6 Å². The van der Waals surface area contributed by atoms with Crippen LogP contribution in [0.4, 0.5) is 5.69 Å². The lowest BCUT2D eigenvalue weighted by Crippen LogP contribution is -2.47. The summed E-state index contributed by atoms with van der Waals surface area (Å²) in [5.41, 5.74) is 8.93. The van der Waals surface area contributed by atoms with Crippen molar-refractivity contribution in [2.45, 2.75) is 64.0 Å². The Kier molecular flexibility index (Phi) is 4.30. The Morgan fingerprint density at radius 3 is 2.75 bits per heavy atom. The molecule has 3 atom stereocenters. The summed E-state index contributed by atoms with van der Waals surface area (Å²) in [6.07, 6.45) is 9.46. The summed E-state index contributed by atoms with van der Waals surface area (Å²) in [6.45, 7) is 3.34. The Labute approximate surface area is 123 Å². The summed E-state index contributed by atoms with van der Waals surface area (Å²) >= 11 is 0. The highest BCUT2D eigenvalue weighted by atomic mass is 15.2. The summed E-state index contributed by atoms with van der Waals surface area (Å²) in [6, 6.07) is 9.95. The highest BCUT2D eigenvalue weighted by Crippen LogP contribution is 2.38. The first-order valence-corrected chi connectivity index (χ1v) is 8.36. The summed E-state index contributed by atoms with van der Waals surface area (Å²) < 4.78 is 0. The van der Waals surface area contributed by atoms with Gasteiger partial charge >= 0.3 is 0 Å². The highest BCUT2D eigenvalue weighted by Gasteiger charge is 2.33. The fourth-order valence-electron chi connectivity index (χ4n) is 4.23. The molecule has 1 heterocycles. The Morgan fingerprint density at radius 1 is 1.15 bits per heavy atom. The van der Waals surface area contributed by atoms with Crippen molar-refractivity contribution in [1.29, 1.82) is 0 Å². The smallest absolute Gasteiger partial charge is 0.0401 e. The number of benzene rings is 1. The fourth-order valence-corrected chi connectivity index (χ4v) is 4.23. The van der Waals surface area contributed by atoms with Crippen molar-refractivity contribution in [2.75, 3.05) is 11.4 Å². The van der Waals surface area contributed by atoms with Gasteiger partial charge in [-0.1, -0.05) is 31.0 Å². The molecule has 2 N–H and O–H groups in total. The van der Waals surface area contributed by atoms with Gasteiger partial charge in [0.2, 0.25) is 0 Å². The first kappa shape index (κ1) is 13.9. The van der Waals surface area contributed by atoms with Crippen molar-refractivity contribution in [3.05, 3.63) is 29.8 Å². The zero-order valence-electron chi connectivity index (χ0n) is 12.7. The van der Waals surface area contributed by atoms with E-state index in [0.29, 0.717) is 0 Å². The van der Waals surface area contributed by atoms with Crippen LogP contribution in [0.25, 0.3) is 0 Å². The SMILES string of the molecule is CC(N)Cc1ccccc1N1CCC[C@H]2CCCC[C@H]21. The van der Waals surface area contributed by atoms with Gasteiger partial charge in [0.05, 0.1) is 0 Å². The number of rotatable bonds is 3. The number of anilines is 1. The van der Waals surface area contributed by atoms with E-state index in [0.717, 1.165) is 18.4 Å². The van der Waals surface area contributed by atoms with Crippen molar-refractivity contribution < 1.29 is 0 Å². The van der Waals surface area contributed by atoms with E-state index < -0.39 is 0 Å². The molecule has 20 heavy (non-hydrogen) atoms. The molecule has 3 rings (SSSR count). The predicted molar refractivity (Wildman–Crippen MR) is 86.1 cm³/mol. The van der Waals surface area contributed by atoms with Crippen LogP contribution < -0.4 is 10.6 Å². The molecule has 110 valence electrons. The molecule has 2 nitrogen and oxygen atoms in total. The minimum absolute atomic E-state index is 0.239. The molecule has 2 heteroatoms. The molecule has 1 aromatic carbocycles. The van der Waals surface area contributed by atoms with Crippen molar-refractivity contribution in [2.24, 2.45) is 11.7 Å². The third-order valence-corrected chi connectivity index (χ3v) is 5.09. The van der Waals surface area contributed by atoms with Gasteiger partial charge in [-0.3, -0.25) is 0 Å². The number of nitrogens with two attached hydrogens (primary N) is 1. The number of para-hydroxylation sites is 1. The third-order valence-electron chi connectivity index (χ3n) is 5.09. The van der Waals surface area contributed by atoms with Crippen LogP contribution in [0.15, 0.2) is 24.3 Å². The van der Waals surface area contributed by atoms with Gasteiger partial charge in [0.1, 0.15) is 0 Å². The minimum Gasteiger partial charge on any atom is -0.368 e. The van der Waals surface area contributed by atoms with E-state index >= 15 is 0 Å². The molecule has 0 amide bonds. The number of fused-ring (bicyclic) bond motifs is 1. The van der Waals surface area contributed by atoms with Gasteiger partial charge in [0.25, 0.3) is 0 Å². The Hall–Kier alpha value is -1.02. The van der Waals surface area contributed by atoms with Crippen LogP contribution in [0.3, 0.4) is 0 Å². The molecule has 0 bridgehead atoms. The van der Waals surface area contributed by atoms with Crippen molar-refractivity contribution >= 4 is 5.69 Å². The van der Waals surface area contributed by atoms with Crippen LogP contribution in [-0.2, 0) is 6.42 Å². The lowest BCUT2D eigenvalue weighted by Gasteiger charge is -2.46. The maximum absolute atomic E-state index is 6.04. The van der Waals surface area contributed by atoms with Crippen LogP contribution in [0.2, 0.25) is 0 Å². The molecule has 1 aliphatic heterocycles. The zero-order chi connectivity index (χ0) is 13.9. The van der Waals surface area contributed by atoms with Crippen LogP contribution >= 0.6 is 0 Å². The second-order valence-corrected chi connectivity index (χ2v) is 6.76.